The van der Waals surface area contributed by atoms with Gasteiger partial charge in [-0.3, -0.25) is 4.79 Å². The molecule has 1 aliphatic carbocycles. The van der Waals surface area contributed by atoms with E-state index in [9.17, 15) is 4.79 Å². The Hall–Kier alpha value is -0.850. The summed E-state index contributed by atoms with van der Waals surface area (Å²) in [5.41, 5.74) is 1.49. The van der Waals surface area contributed by atoms with Crippen LogP contribution in [0.5, 0.6) is 0 Å². The average Bonchev–Trinajstić information content (AvgIpc) is 2.15. The van der Waals surface area contributed by atoms with Crippen LogP contribution < -0.4 is 0 Å². The summed E-state index contributed by atoms with van der Waals surface area (Å²) in [6.07, 6.45) is 8.00. The Morgan fingerprint density at radius 3 is 2.73 bits per heavy atom. The molecule has 0 aliphatic heterocycles. The summed E-state index contributed by atoms with van der Waals surface area (Å²) in [4.78, 5) is 11.2. The summed E-state index contributed by atoms with van der Waals surface area (Å²) < 4.78 is 0. The highest BCUT2D eigenvalue weighted by molar-refractivity contribution is 5.89. The molecule has 3 atom stereocenters. The molecule has 0 aromatic heterocycles. The maximum Gasteiger partial charge on any atom is 0.155 e. The van der Waals surface area contributed by atoms with Crippen LogP contribution in [0.1, 0.15) is 40.5 Å². The zero-order valence-electron chi connectivity index (χ0n) is 10.3. The first-order valence-electron chi connectivity index (χ1n) is 5.93. The van der Waals surface area contributed by atoms with Crippen molar-refractivity contribution >= 4 is 5.78 Å². The van der Waals surface area contributed by atoms with Crippen molar-refractivity contribution in [1.29, 1.82) is 0 Å². The minimum absolute atomic E-state index is 0.237. The molecule has 1 rings (SSSR count). The number of rotatable bonds is 3. The molecular weight excluding hydrogens is 184 g/mol. The molecule has 0 saturated heterocycles. The van der Waals surface area contributed by atoms with Gasteiger partial charge < -0.3 is 0 Å². The second-order valence-corrected chi connectivity index (χ2v) is 4.81. The van der Waals surface area contributed by atoms with E-state index in [2.05, 4.69) is 32.9 Å². The fraction of sp³-hybridized carbons (Fsp3) is 0.643. The van der Waals surface area contributed by atoms with E-state index < -0.39 is 0 Å². The van der Waals surface area contributed by atoms with Crippen molar-refractivity contribution < 1.29 is 4.79 Å². The Balaban J connectivity index is 2.69. The first-order chi connectivity index (χ1) is 7.04. The van der Waals surface area contributed by atoms with Crippen molar-refractivity contribution in [3.05, 3.63) is 23.8 Å². The van der Waals surface area contributed by atoms with Crippen LogP contribution in [0.2, 0.25) is 0 Å². The minimum Gasteiger partial charge on any atom is -0.295 e. The van der Waals surface area contributed by atoms with Crippen LogP contribution in [0, 0.1) is 17.8 Å². The lowest BCUT2D eigenvalue weighted by Gasteiger charge is -2.30. The summed E-state index contributed by atoms with van der Waals surface area (Å²) in [5.74, 6) is 1.99. The molecular formula is C14H22O. The maximum atomic E-state index is 11.2. The zero-order chi connectivity index (χ0) is 11.4. The van der Waals surface area contributed by atoms with E-state index in [1.165, 1.54) is 12.0 Å². The average molecular weight is 206 g/mol. The number of carbonyl (C=O) groups is 1. The van der Waals surface area contributed by atoms with E-state index in [0.29, 0.717) is 24.2 Å². The highest BCUT2D eigenvalue weighted by atomic mass is 16.1. The van der Waals surface area contributed by atoms with Crippen molar-refractivity contribution in [2.45, 2.75) is 40.5 Å². The molecule has 0 spiro atoms. The van der Waals surface area contributed by atoms with Gasteiger partial charge in [-0.15, -0.1) is 0 Å². The van der Waals surface area contributed by atoms with Crippen molar-refractivity contribution in [2.24, 2.45) is 17.8 Å². The molecule has 0 aromatic rings. The van der Waals surface area contributed by atoms with E-state index in [0.717, 1.165) is 0 Å². The standard InChI is InChI=1S/C14H22O/c1-5-13(15)6-7-14-11(3)8-10(2)9-12(14)4/h6-8,11-12,14H,5,9H2,1-4H3. The van der Waals surface area contributed by atoms with Crippen molar-refractivity contribution in [3.63, 3.8) is 0 Å². The third kappa shape index (κ3) is 3.33. The molecule has 0 aromatic carbocycles. The van der Waals surface area contributed by atoms with Crippen LogP contribution >= 0.6 is 0 Å². The number of hydrogen-bond donors (Lipinski definition) is 0. The van der Waals surface area contributed by atoms with Crippen LogP contribution in [0.3, 0.4) is 0 Å². The smallest absolute Gasteiger partial charge is 0.155 e. The van der Waals surface area contributed by atoms with Crippen LogP contribution in [0.25, 0.3) is 0 Å². The summed E-state index contributed by atoms with van der Waals surface area (Å²) in [7, 11) is 0. The van der Waals surface area contributed by atoms with E-state index in [4.69, 9.17) is 0 Å². The van der Waals surface area contributed by atoms with Gasteiger partial charge in [0.1, 0.15) is 0 Å². The van der Waals surface area contributed by atoms with Gasteiger partial charge in [0.25, 0.3) is 0 Å². The van der Waals surface area contributed by atoms with Gasteiger partial charge in [-0.1, -0.05) is 38.5 Å². The first-order valence-corrected chi connectivity index (χ1v) is 5.93. The Bertz CT molecular complexity index is 286. The molecule has 0 saturated carbocycles. The SMILES string of the molecule is CCC(=O)C=CC1C(C)C=C(C)CC1C. The second-order valence-electron chi connectivity index (χ2n) is 4.81. The number of hydrogen-bond acceptors (Lipinski definition) is 1. The van der Waals surface area contributed by atoms with Crippen molar-refractivity contribution in [3.8, 4) is 0 Å². The summed E-state index contributed by atoms with van der Waals surface area (Å²) in [6.45, 7) is 8.62. The van der Waals surface area contributed by atoms with Gasteiger partial charge in [0.15, 0.2) is 5.78 Å². The highest BCUT2D eigenvalue weighted by Gasteiger charge is 2.24. The summed E-state index contributed by atoms with van der Waals surface area (Å²) in [5, 5.41) is 0. The molecule has 0 radical (unpaired) electrons. The van der Waals surface area contributed by atoms with Crippen molar-refractivity contribution in [2.75, 3.05) is 0 Å². The first kappa shape index (κ1) is 12.2. The van der Waals surface area contributed by atoms with Crippen LogP contribution in [0.4, 0.5) is 0 Å². The Morgan fingerprint density at radius 2 is 2.20 bits per heavy atom. The highest BCUT2D eigenvalue weighted by Crippen LogP contribution is 2.34. The van der Waals surface area contributed by atoms with E-state index in [-0.39, 0.29) is 5.78 Å². The molecule has 1 nitrogen and oxygen atoms in total. The molecule has 1 aliphatic rings. The molecule has 0 heterocycles. The van der Waals surface area contributed by atoms with E-state index in [1.54, 1.807) is 6.08 Å². The largest absolute Gasteiger partial charge is 0.295 e. The van der Waals surface area contributed by atoms with Crippen LogP contribution in [0.15, 0.2) is 23.8 Å². The Labute approximate surface area is 93.3 Å². The third-order valence-electron chi connectivity index (χ3n) is 3.31. The molecule has 3 unspecified atom stereocenters. The van der Waals surface area contributed by atoms with Gasteiger partial charge in [0.05, 0.1) is 0 Å². The molecule has 1 heteroatoms. The van der Waals surface area contributed by atoms with Crippen LogP contribution in [-0.4, -0.2) is 5.78 Å². The van der Waals surface area contributed by atoms with Gasteiger partial charge in [-0.25, -0.2) is 0 Å². The van der Waals surface area contributed by atoms with Gasteiger partial charge in [0, 0.05) is 6.42 Å². The summed E-state index contributed by atoms with van der Waals surface area (Å²) >= 11 is 0. The van der Waals surface area contributed by atoms with Gasteiger partial charge in [-0.05, 0) is 37.2 Å². The monoisotopic (exact) mass is 206 g/mol. The van der Waals surface area contributed by atoms with Crippen molar-refractivity contribution in [1.82, 2.24) is 0 Å². The van der Waals surface area contributed by atoms with Crippen LogP contribution in [-0.2, 0) is 4.79 Å². The van der Waals surface area contributed by atoms with Gasteiger partial charge in [0.2, 0.25) is 0 Å². The Kier molecular flexibility index (Phi) is 4.31. The minimum atomic E-state index is 0.237. The normalized spacial score (nSPS) is 31.7. The molecule has 0 amide bonds. The number of ketones is 1. The quantitative estimate of drug-likeness (QED) is 0.507. The number of carbonyl (C=O) groups excluding carboxylic acids is 1. The number of allylic oxidation sites excluding steroid dienone is 4. The molecule has 0 N–H and O–H groups in total. The van der Waals surface area contributed by atoms with E-state index >= 15 is 0 Å². The maximum absolute atomic E-state index is 11.2. The zero-order valence-corrected chi connectivity index (χ0v) is 10.3. The molecule has 84 valence electrons. The summed E-state index contributed by atoms with van der Waals surface area (Å²) in [6, 6.07) is 0. The van der Waals surface area contributed by atoms with Gasteiger partial charge in [-0.2, -0.15) is 0 Å². The molecule has 0 fully saturated rings. The second kappa shape index (κ2) is 5.29. The predicted molar refractivity (Wildman–Crippen MR) is 64.6 cm³/mol. The Morgan fingerprint density at radius 1 is 1.53 bits per heavy atom. The third-order valence-corrected chi connectivity index (χ3v) is 3.31. The lowest BCUT2D eigenvalue weighted by Crippen LogP contribution is -2.21. The lowest BCUT2D eigenvalue weighted by atomic mass is 9.75. The molecule has 0 bridgehead atoms. The predicted octanol–water partition coefficient (Wildman–Crippen LogP) is 3.76. The lowest BCUT2D eigenvalue weighted by molar-refractivity contribution is -0.114. The van der Waals surface area contributed by atoms with E-state index in [1.807, 2.05) is 6.92 Å². The fourth-order valence-electron chi connectivity index (χ4n) is 2.49. The fourth-order valence-corrected chi connectivity index (χ4v) is 2.49. The molecule has 15 heavy (non-hydrogen) atoms. The topological polar surface area (TPSA) is 17.1 Å². The van der Waals surface area contributed by atoms with Gasteiger partial charge >= 0.3 is 0 Å².